The molecule has 0 aromatic heterocycles. The highest BCUT2D eigenvalue weighted by atomic mass is 16.3. The number of hydrogen-bond donors (Lipinski definition) is 2. The molecule has 0 amide bonds. The van der Waals surface area contributed by atoms with Crippen molar-refractivity contribution in [3.63, 3.8) is 0 Å². The number of nitrogens with two attached hydrogens (primary N) is 1. The van der Waals surface area contributed by atoms with Crippen molar-refractivity contribution in [2.24, 2.45) is 5.73 Å². The van der Waals surface area contributed by atoms with Crippen LogP contribution in [0.3, 0.4) is 0 Å². The monoisotopic (exact) mass is 186 g/mol. The van der Waals surface area contributed by atoms with Gasteiger partial charge in [-0.05, 0) is 53.2 Å². The van der Waals surface area contributed by atoms with Crippen LogP contribution in [0.2, 0.25) is 0 Å². The van der Waals surface area contributed by atoms with E-state index in [0.29, 0.717) is 6.42 Å². The molecule has 0 aliphatic carbocycles. The van der Waals surface area contributed by atoms with Crippen molar-refractivity contribution in [2.75, 3.05) is 20.1 Å². The van der Waals surface area contributed by atoms with Crippen molar-refractivity contribution in [1.29, 1.82) is 0 Å². The first-order valence-corrected chi connectivity index (χ1v) is 5.01. The highest BCUT2D eigenvalue weighted by Gasteiger charge is 2.34. The van der Waals surface area contributed by atoms with Crippen LogP contribution in [0.25, 0.3) is 0 Å². The van der Waals surface area contributed by atoms with Gasteiger partial charge in [-0.1, -0.05) is 0 Å². The molecule has 1 heterocycles. The maximum absolute atomic E-state index is 9.71. The predicted molar refractivity (Wildman–Crippen MR) is 54.6 cm³/mol. The quantitative estimate of drug-likeness (QED) is 0.663. The SMILES string of the molecule is CN1CCC(N)(CC(C)(C)O)CC1. The van der Waals surface area contributed by atoms with Gasteiger partial charge in [0.1, 0.15) is 0 Å². The maximum Gasteiger partial charge on any atom is 0.0609 e. The molecule has 3 nitrogen and oxygen atoms in total. The molecule has 0 saturated carbocycles. The van der Waals surface area contributed by atoms with Gasteiger partial charge in [0, 0.05) is 5.54 Å². The summed E-state index contributed by atoms with van der Waals surface area (Å²) in [4.78, 5) is 2.29. The lowest BCUT2D eigenvalue weighted by molar-refractivity contribution is 0.0295. The largest absolute Gasteiger partial charge is 0.390 e. The van der Waals surface area contributed by atoms with E-state index in [1.165, 1.54) is 0 Å². The Balaban J connectivity index is 2.48. The Bertz CT molecular complexity index is 166. The van der Waals surface area contributed by atoms with Crippen LogP contribution in [0.15, 0.2) is 0 Å². The molecular formula is C10H22N2O. The molecule has 1 aliphatic rings. The lowest BCUT2D eigenvalue weighted by Gasteiger charge is -2.40. The van der Waals surface area contributed by atoms with Gasteiger partial charge in [0.2, 0.25) is 0 Å². The molecule has 0 bridgehead atoms. The molecule has 3 heteroatoms. The van der Waals surface area contributed by atoms with E-state index in [2.05, 4.69) is 11.9 Å². The molecule has 13 heavy (non-hydrogen) atoms. The Kier molecular flexibility index (Phi) is 3.00. The smallest absolute Gasteiger partial charge is 0.0609 e. The van der Waals surface area contributed by atoms with Gasteiger partial charge in [-0.25, -0.2) is 0 Å². The Hall–Kier alpha value is -0.120. The summed E-state index contributed by atoms with van der Waals surface area (Å²) in [7, 11) is 2.11. The van der Waals surface area contributed by atoms with E-state index < -0.39 is 5.60 Å². The van der Waals surface area contributed by atoms with Crippen LogP contribution in [0.1, 0.15) is 33.1 Å². The Morgan fingerprint density at radius 3 is 2.23 bits per heavy atom. The molecule has 0 aromatic rings. The standard InChI is InChI=1S/C10H22N2O/c1-9(2,13)8-10(11)4-6-12(3)7-5-10/h13H,4-8,11H2,1-3H3. The van der Waals surface area contributed by atoms with E-state index in [4.69, 9.17) is 5.73 Å². The van der Waals surface area contributed by atoms with Crippen LogP contribution >= 0.6 is 0 Å². The average Bonchev–Trinajstić information content (AvgIpc) is 1.92. The van der Waals surface area contributed by atoms with E-state index in [-0.39, 0.29) is 5.54 Å². The molecule has 0 aromatic carbocycles. The first-order chi connectivity index (χ1) is 5.81. The molecular weight excluding hydrogens is 164 g/mol. The Morgan fingerprint density at radius 2 is 1.85 bits per heavy atom. The molecule has 0 atom stereocenters. The summed E-state index contributed by atoms with van der Waals surface area (Å²) in [5, 5.41) is 9.71. The second-order valence-corrected chi connectivity index (χ2v) is 5.15. The highest BCUT2D eigenvalue weighted by Crippen LogP contribution is 2.27. The zero-order valence-corrected chi connectivity index (χ0v) is 9.01. The summed E-state index contributed by atoms with van der Waals surface area (Å²) in [6, 6.07) is 0. The van der Waals surface area contributed by atoms with Crippen molar-refractivity contribution >= 4 is 0 Å². The Labute approximate surface area is 80.9 Å². The van der Waals surface area contributed by atoms with Crippen LogP contribution in [0.5, 0.6) is 0 Å². The number of piperidine rings is 1. The van der Waals surface area contributed by atoms with Gasteiger partial charge >= 0.3 is 0 Å². The molecule has 3 N–H and O–H groups in total. The minimum Gasteiger partial charge on any atom is -0.390 e. The molecule has 0 spiro atoms. The lowest BCUT2D eigenvalue weighted by atomic mass is 9.80. The zero-order valence-electron chi connectivity index (χ0n) is 9.01. The third-order valence-corrected chi connectivity index (χ3v) is 2.77. The normalized spacial score (nSPS) is 24.7. The molecule has 1 rings (SSSR count). The van der Waals surface area contributed by atoms with Gasteiger partial charge in [-0.3, -0.25) is 0 Å². The van der Waals surface area contributed by atoms with E-state index in [0.717, 1.165) is 25.9 Å². The number of likely N-dealkylation sites (tertiary alicyclic amines) is 1. The van der Waals surface area contributed by atoms with Gasteiger partial charge in [0.05, 0.1) is 5.60 Å². The first-order valence-electron chi connectivity index (χ1n) is 5.01. The minimum absolute atomic E-state index is 0.148. The van der Waals surface area contributed by atoms with E-state index in [1.54, 1.807) is 0 Å². The van der Waals surface area contributed by atoms with E-state index in [1.807, 2.05) is 13.8 Å². The lowest BCUT2D eigenvalue weighted by Crippen LogP contribution is -2.52. The second kappa shape index (κ2) is 3.56. The summed E-state index contributed by atoms with van der Waals surface area (Å²) < 4.78 is 0. The van der Waals surface area contributed by atoms with Gasteiger partial charge in [0.25, 0.3) is 0 Å². The maximum atomic E-state index is 9.71. The summed E-state index contributed by atoms with van der Waals surface area (Å²) in [6.45, 7) is 5.76. The third-order valence-electron chi connectivity index (χ3n) is 2.77. The molecule has 0 radical (unpaired) electrons. The first kappa shape index (κ1) is 11.0. The zero-order chi connectivity index (χ0) is 10.1. The minimum atomic E-state index is -0.634. The average molecular weight is 186 g/mol. The van der Waals surface area contributed by atoms with Crippen molar-refractivity contribution in [1.82, 2.24) is 4.90 Å². The van der Waals surface area contributed by atoms with Crippen LogP contribution in [0.4, 0.5) is 0 Å². The summed E-state index contributed by atoms with van der Waals surface area (Å²) in [5.41, 5.74) is 5.44. The highest BCUT2D eigenvalue weighted by molar-refractivity contribution is 4.93. The topological polar surface area (TPSA) is 49.5 Å². The van der Waals surface area contributed by atoms with E-state index in [9.17, 15) is 5.11 Å². The molecule has 78 valence electrons. The van der Waals surface area contributed by atoms with Gasteiger partial charge < -0.3 is 15.7 Å². The molecule has 0 unspecified atom stereocenters. The van der Waals surface area contributed by atoms with Crippen LogP contribution in [-0.2, 0) is 0 Å². The number of hydrogen-bond acceptors (Lipinski definition) is 3. The number of aliphatic hydroxyl groups is 1. The molecule has 1 saturated heterocycles. The fraction of sp³-hybridized carbons (Fsp3) is 1.00. The molecule has 1 fully saturated rings. The second-order valence-electron chi connectivity index (χ2n) is 5.15. The summed E-state index contributed by atoms with van der Waals surface area (Å²) in [6.07, 6.45) is 2.69. The van der Waals surface area contributed by atoms with Gasteiger partial charge in [0.15, 0.2) is 0 Å². The van der Waals surface area contributed by atoms with E-state index >= 15 is 0 Å². The van der Waals surface area contributed by atoms with Crippen molar-refractivity contribution in [3.05, 3.63) is 0 Å². The van der Waals surface area contributed by atoms with Crippen LogP contribution in [-0.4, -0.2) is 41.3 Å². The van der Waals surface area contributed by atoms with Crippen LogP contribution < -0.4 is 5.73 Å². The fourth-order valence-electron chi connectivity index (χ4n) is 2.10. The number of rotatable bonds is 2. The summed E-state index contributed by atoms with van der Waals surface area (Å²) >= 11 is 0. The van der Waals surface area contributed by atoms with Crippen molar-refractivity contribution in [3.8, 4) is 0 Å². The van der Waals surface area contributed by atoms with Crippen molar-refractivity contribution < 1.29 is 5.11 Å². The summed E-state index contributed by atoms with van der Waals surface area (Å²) in [5.74, 6) is 0. The van der Waals surface area contributed by atoms with Gasteiger partial charge in [-0.2, -0.15) is 0 Å². The Morgan fingerprint density at radius 1 is 1.38 bits per heavy atom. The van der Waals surface area contributed by atoms with Gasteiger partial charge in [-0.15, -0.1) is 0 Å². The van der Waals surface area contributed by atoms with Crippen molar-refractivity contribution in [2.45, 2.75) is 44.2 Å². The third kappa shape index (κ3) is 3.63. The number of nitrogens with zero attached hydrogens (tertiary/aromatic N) is 1. The predicted octanol–water partition coefficient (Wildman–Crippen LogP) is 0.570. The molecule has 1 aliphatic heterocycles. The van der Waals surface area contributed by atoms with Crippen LogP contribution in [0, 0.1) is 0 Å². The fourth-order valence-corrected chi connectivity index (χ4v) is 2.10.